The first-order valence-electron chi connectivity index (χ1n) is 8.21. The molecule has 1 atom stereocenters. The Hall–Kier alpha value is -3.38. The molecule has 1 unspecified atom stereocenters. The van der Waals surface area contributed by atoms with Crippen molar-refractivity contribution in [2.75, 3.05) is 0 Å². The predicted octanol–water partition coefficient (Wildman–Crippen LogP) is 3.14. The van der Waals surface area contributed by atoms with Crippen molar-refractivity contribution in [1.82, 2.24) is 14.8 Å². The molecule has 0 fully saturated rings. The van der Waals surface area contributed by atoms with Crippen LogP contribution in [0.2, 0.25) is 0 Å². The van der Waals surface area contributed by atoms with E-state index < -0.39 is 11.5 Å². The summed E-state index contributed by atoms with van der Waals surface area (Å²) in [6.07, 6.45) is 2.26. The van der Waals surface area contributed by atoms with Gasteiger partial charge in [-0.05, 0) is 36.2 Å². The Labute approximate surface area is 149 Å². The number of aliphatic hydroxyl groups is 1. The van der Waals surface area contributed by atoms with Gasteiger partial charge in [-0.25, -0.2) is 0 Å². The van der Waals surface area contributed by atoms with E-state index in [0.717, 1.165) is 27.7 Å². The Morgan fingerprint density at radius 1 is 1.15 bits per heavy atom. The summed E-state index contributed by atoms with van der Waals surface area (Å²) in [6, 6.07) is 14.8. The van der Waals surface area contributed by atoms with Gasteiger partial charge in [0.2, 0.25) is 5.43 Å². The summed E-state index contributed by atoms with van der Waals surface area (Å²) in [4.78, 5) is 11.7. The topological polar surface area (TPSA) is 91.1 Å². The zero-order valence-electron chi connectivity index (χ0n) is 14.0. The smallest absolute Gasteiger partial charge is 0.223 e. The number of H-pyrrole nitrogens is 1. The molecule has 0 spiro atoms. The maximum atomic E-state index is 11.7. The third-order valence-corrected chi connectivity index (χ3v) is 4.41. The van der Waals surface area contributed by atoms with E-state index >= 15 is 0 Å². The SMILES string of the molecule is CC(O)c1cc(=O)c(O)cn1-c1cccc(-c2cccc3[nH]ncc23)c1. The minimum absolute atomic E-state index is 0.364. The van der Waals surface area contributed by atoms with Crippen LogP contribution in [0.1, 0.15) is 18.7 Å². The molecule has 3 N–H and O–H groups in total. The summed E-state index contributed by atoms with van der Waals surface area (Å²) < 4.78 is 1.63. The van der Waals surface area contributed by atoms with E-state index in [-0.39, 0.29) is 5.75 Å². The number of rotatable bonds is 3. The lowest BCUT2D eigenvalue weighted by atomic mass is 10.0. The number of aromatic nitrogens is 3. The molecule has 2 heterocycles. The van der Waals surface area contributed by atoms with Gasteiger partial charge in [0.25, 0.3) is 0 Å². The second-order valence-electron chi connectivity index (χ2n) is 6.18. The normalized spacial score (nSPS) is 12.4. The highest BCUT2D eigenvalue weighted by Crippen LogP contribution is 2.29. The quantitative estimate of drug-likeness (QED) is 0.531. The molecule has 4 rings (SSSR count). The zero-order chi connectivity index (χ0) is 18.3. The predicted molar refractivity (Wildman–Crippen MR) is 99.4 cm³/mol. The standard InChI is InChI=1S/C20H17N3O3/c1-12(24)18-9-19(25)20(26)11-23(18)14-5-2-4-13(8-14)15-6-3-7-17-16(15)10-21-22-17/h2-12,24,26H,1H3,(H,21,22). The van der Waals surface area contributed by atoms with Gasteiger partial charge in [0.15, 0.2) is 5.75 Å². The molecule has 2 aromatic carbocycles. The molecule has 6 nitrogen and oxygen atoms in total. The van der Waals surface area contributed by atoms with Crippen LogP contribution in [0.3, 0.4) is 0 Å². The number of nitrogens with zero attached hydrogens (tertiary/aromatic N) is 2. The molecule has 4 aromatic rings. The fourth-order valence-electron chi connectivity index (χ4n) is 3.13. The lowest BCUT2D eigenvalue weighted by molar-refractivity contribution is 0.191. The molecule has 130 valence electrons. The highest BCUT2D eigenvalue weighted by Gasteiger charge is 2.13. The molecule has 0 radical (unpaired) electrons. The number of aliphatic hydroxyl groups excluding tert-OH is 1. The van der Waals surface area contributed by atoms with Crippen LogP contribution in [-0.2, 0) is 0 Å². The van der Waals surface area contributed by atoms with Crippen LogP contribution < -0.4 is 5.43 Å². The van der Waals surface area contributed by atoms with E-state index in [1.807, 2.05) is 42.5 Å². The van der Waals surface area contributed by atoms with Gasteiger partial charge >= 0.3 is 0 Å². The first-order chi connectivity index (χ1) is 12.5. The number of hydrogen-bond acceptors (Lipinski definition) is 4. The van der Waals surface area contributed by atoms with Crippen LogP contribution in [0.25, 0.3) is 27.7 Å². The van der Waals surface area contributed by atoms with E-state index in [1.54, 1.807) is 17.7 Å². The highest BCUT2D eigenvalue weighted by atomic mass is 16.3. The van der Waals surface area contributed by atoms with Crippen LogP contribution in [0, 0.1) is 0 Å². The lowest BCUT2D eigenvalue weighted by Crippen LogP contribution is -2.13. The van der Waals surface area contributed by atoms with Crippen LogP contribution in [0.5, 0.6) is 5.75 Å². The summed E-state index contributed by atoms with van der Waals surface area (Å²) in [5.41, 5.74) is 3.54. The molecule has 6 heteroatoms. The Bertz CT molecular complexity index is 1160. The molecular weight excluding hydrogens is 330 g/mol. The fourth-order valence-corrected chi connectivity index (χ4v) is 3.13. The average Bonchev–Trinajstić information content (AvgIpc) is 3.12. The summed E-state index contributed by atoms with van der Waals surface area (Å²) in [5.74, 6) is -0.364. The molecule has 0 aliphatic carbocycles. The van der Waals surface area contributed by atoms with Crippen molar-refractivity contribution < 1.29 is 10.2 Å². The Kier molecular flexibility index (Phi) is 3.82. The molecule has 0 saturated carbocycles. The first-order valence-corrected chi connectivity index (χ1v) is 8.21. The number of pyridine rings is 1. The van der Waals surface area contributed by atoms with Crippen LogP contribution >= 0.6 is 0 Å². The molecule has 0 aliphatic rings. The largest absolute Gasteiger partial charge is 0.503 e. The molecule has 0 bridgehead atoms. The highest BCUT2D eigenvalue weighted by molar-refractivity contribution is 5.94. The fraction of sp³-hybridized carbons (Fsp3) is 0.100. The minimum atomic E-state index is -0.857. The van der Waals surface area contributed by atoms with Gasteiger partial charge in [0.05, 0.1) is 29.7 Å². The average molecular weight is 347 g/mol. The summed E-state index contributed by atoms with van der Waals surface area (Å²) in [5, 5.41) is 27.9. The molecule has 0 saturated heterocycles. The van der Waals surface area contributed by atoms with Crippen molar-refractivity contribution in [3.05, 3.63) is 76.8 Å². The molecule has 26 heavy (non-hydrogen) atoms. The van der Waals surface area contributed by atoms with Gasteiger partial charge in [0, 0.05) is 17.1 Å². The molecule has 2 aromatic heterocycles. The molecular formula is C20H17N3O3. The van der Waals surface area contributed by atoms with E-state index in [4.69, 9.17) is 0 Å². The van der Waals surface area contributed by atoms with Crippen molar-refractivity contribution in [1.29, 1.82) is 0 Å². The van der Waals surface area contributed by atoms with E-state index in [2.05, 4.69) is 10.2 Å². The Morgan fingerprint density at radius 3 is 2.77 bits per heavy atom. The lowest BCUT2D eigenvalue weighted by Gasteiger charge is -2.17. The van der Waals surface area contributed by atoms with Crippen molar-refractivity contribution in [3.63, 3.8) is 0 Å². The Morgan fingerprint density at radius 2 is 1.96 bits per heavy atom. The van der Waals surface area contributed by atoms with Crippen LogP contribution in [0.4, 0.5) is 0 Å². The van der Waals surface area contributed by atoms with Crippen molar-refractivity contribution in [3.8, 4) is 22.6 Å². The van der Waals surface area contributed by atoms with Crippen LogP contribution in [0.15, 0.2) is 65.7 Å². The molecule has 0 amide bonds. The van der Waals surface area contributed by atoms with E-state index in [1.165, 1.54) is 12.3 Å². The summed E-state index contributed by atoms with van der Waals surface area (Å²) >= 11 is 0. The summed E-state index contributed by atoms with van der Waals surface area (Å²) in [7, 11) is 0. The third-order valence-electron chi connectivity index (χ3n) is 4.41. The first kappa shape index (κ1) is 16.1. The van der Waals surface area contributed by atoms with Gasteiger partial charge in [-0.15, -0.1) is 0 Å². The van der Waals surface area contributed by atoms with Gasteiger partial charge in [-0.1, -0.05) is 24.3 Å². The summed E-state index contributed by atoms with van der Waals surface area (Å²) in [6.45, 7) is 1.58. The minimum Gasteiger partial charge on any atom is -0.503 e. The van der Waals surface area contributed by atoms with Gasteiger partial charge < -0.3 is 14.8 Å². The van der Waals surface area contributed by atoms with Crippen LogP contribution in [-0.4, -0.2) is 25.0 Å². The monoisotopic (exact) mass is 347 g/mol. The van der Waals surface area contributed by atoms with E-state index in [9.17, 15) is 15.0 Å². The van der Waals surface area contributed by atoms with Crippen molar-refractivity contribution in [2.45, 2.75) is 13.0 Å². The van der Waals surface area contributed by atoms with Gasteiger partial charge in [-0.2, -0.15) is 5.10 Å². The number of aromatic hydroxyl groups is 1. The number of benzene rings is 2. The maximum Gasteiger partial charge on any atom is 0.223 e. The third kappa shape index (κ3) is 2.66. The maximum absolute atomic E-state index is 11.7. The van der Waals surface area contributed by atoms with E-state index in [0.29, 0.717) is 5.69 Å². The van der Waals surface area contributed by atoms with Gasteiger partial charge in [-0.3, -0.25) is 9.89 Å². The number of fused-ring (bicyclic) bond motifs is 1. The van der Waals surface area contributed by atoms with Crippen molar-refractivity contribution >= 4 is 10.9 Å². The second-order valence-corrected chi connectivity index (χ2v) is 6.18. The Balaban J connectivity index is 1.91. The zero-order valence-corrected chi connectivity index (χ0v) is 14.0. The van der Waals surface area contributed by atoms with Gasteiger partial charge in [0.1, 0.15) is 0 Å². The second kappa shape index (κ2) is 6.16. The molecule has 0 aliphatic heterocycles. The van der Waals surface area contributed by atoms with Crippen molar-refractivity contribution in [2.24, 2.45) is 0 Å². The number of nitrogens with one attached hydrogen (secondary N) is 1. The number of hydrogen-bond donors (Lipinski definition) is 3. The number of aromatic amines is 1.